The van der Waals surface area contributed by atoms with Crippen LogP contribution in [-0.4, -0.2) is 38.5 Å². The van der Waals surface area contributed by atoms with Crippen LogP contribution in [0.5, 0.6) is 5.75 Å². The van der Waals surface area contributed by atoms with Crippen molar-refractivity contribution in [1.29, 1.82) is 5.41 Å². The molecular formula is C23H15N5O5S. The molecule has 0 bridgehead atoms. The van der Waals surface area contributed by atoms with E-state index in [1.165, 1.54) is 35.0 Å². The van der Waals surface area contributed by atoms with Crippen molar-refractivity contribution in [1.82, 2.24) is 5.01 Å². The predicted molar refractivity (Wildman–Crippen MR) is 128 cm³/mol. The molecule has 0 fully saturated rings. The summed E-state index contributed by atoms with van der Waals surface area (Å²) in [5.74, 6) is 0.658. The van der Waals surface area contributed by atoms with E-state index in [1.807, 2.05) is 30.3 Å². The number of ether oxygens (including phenoxy) is 1. The molecule has 0 aliphatic carbocycles. The lowest BCUT2D eigenvalue weighted by Gasteiger charge is -2.19. The number of amidine groups is 2. The van der Waals surface area contributed by atoms with Crippen LogP contribution in [0.2, 0.25) is 0 Å². The summed E-state index contributed by atoms with van der Waals surface area (Å²) in [6.45, 7) is 0.176. The van der Waals surface area contributed by atoms with Crippen molar-refractivity contribution in [2.24, 2.45) is 10.1 Å². The third kappa shape index (κ3) is 4.24. The van der Waals surface area contributed by atoms with Crippen molar-refractivity contribution < 1.29 is 18.9 Å². The number of carbonyl (C=O) groups excluding carboxylic acids is 1. The van der Waals surface area contributed by atoms with Gasteiger partial charge < -0.3 is 9.15 Å². The smallest absolute Gasteiger partial charge is 0.283 e. The Balaban J connectivity index is 1.35. The number of amides is 1. The number of nitro groups is 1. The Kier molecular flexibility index (Phi) is 5.52. The van der Waals surface area contributed by atoms with Crippen LogP contribution in [0.3, 0.4) is 0 Å². The summed E-state index contributed by atoms with van der Waals surface area (Å²) >= 11 is 1.17. The van der Waals surface area contributed by atoms with Gasteiger partial charge in [-0.3, -0.25) is 20.3 Å². The number of furan rings is 1. The number of thioether (sulfide) groups is 1. The average Bonchev–Trinajstić information content (AvgIpc) is 3.48. The molecule has 0 radical (unpaired) electrons. The number of aliphatic imine (C=N–C) groups is 1. The molecule has 5 rings (SSSR count). The maximum Gasteiger partial charge on any atom is 0.283 e. The molecule has 10 nitrogen and oxygen atoms in total. The second kappa shape index (κ2) is 8.79. The van der Waals surface area contributed by atoms with Crippen molar-refractivity contribution in [3.63, 3.8) is 0 Å². The van der Waals surface area contributed by atoms with Gasteiger partial charge in [0.25, 0.3) is 11.6 Å². The summed E-state index contributed by atoms with van der Waals surface area (Å²) in [5.41, 5.74) is 0.474. The molecule has 0 unspecified atom stereocenters. The predicted octanol–water partition coefficient (Wildman–Crippen LogP) is 4.55. The Morgan fingerprint density at radius 2 is 1.97 bits per heavy atom. The highest BCUT2D eigenvalue weighted by atomic mass is 32.2. The van der Waals surface area contributed by atoms with Crippen LogP contribution in [0.4, 0.5) is 5.69 Å². The normalized spacial score (nSPS) is 16.4. The molecule has 0 atom stereocenters. The molecule has 168 valence electrons. The molecule has 1 N–H and O–H groups in total. The van der Waals surface area contributed by atoms with Crippen molar-refractivity contribution >= 4 is 45.5 Å². The van der Waals surface area contributed by atoms with Gasteiger partial charge in [0.2, 0.25) is 5.17 Å². The number of hydrazone groups is 1. The summed E-state index contributed by atoms with van der Waals surface area (Å²) in [6, 6.07) is 18.5. The Labute approximate surface area is 196 Å². The van der Waals surface area contributed by atoms with E-state index in [2.05, 4.69) is 10.1 Å². The molecule has 34 heavy (non-hydrogen) atoms. The van der Waals surface area contributed by atoms with Crippen LogP contribution < -0.4 is 4.74 Å². The molecule has 2 aromatic carbocycles. The molecule has 1 amide bonds. The van der Waals surface area contributed by atoms with Gasteiger partial charge in [-0.2, -0.15) is 15.1 Å². The molecular weight excluding hydrogens is 458 g/mol. The van der Waals surface area contributed by atoms with Crippen molar-refractivity contribution in [3.8, 4) is 17.1 Å². The lowest BCUT2D eigenvalue weighted by molar-refractivity contribution is -0.384. The number of hydrogen-bond donors (Lipinski definition) is 1. The van der Waals surface area contributed by atoms with Crippen LogP contribution >= 0.6 is 11.8 Å². The minimum absolute atomic E-state index is 0.0123. The van der Waals surface area contributed by atoms with E-state index in [4.69, 9.17) is 14.6 Å². The number of hydrogen-bond acceptors (Lipinski definition) is 8. The molecule has 0 saturated heterocycles. The highest BCUT2D eigenvalue weighted by molar-refractivity contribution is 8.27. The Morgan fingerprint density at radius 1 is 1.15 bits per heavy atom. The lowest BCUT2D eigenvalue weighted by atomic mass is 10.1. The zero-order valence-corrected chi connectivity index (χ0v) is 18.2. The SMILES string of the molecule is N=C1C(=Cc2ccc(-c3cccc([N+](=O)[O-])c3)o2)C(=O)N=C2SC(COc3ccccc3)=NN12. The zero-order valence-electron chi connectivity index (χ0n) is 17.4. The Morgan fingerprint density at radius 3 is 2.76 bits per heavy atom. The standard InChI is InChI=1S/C23H15N5O5S/c24-21-18(12-17-9-10-19(33-17)14-5-4-6-15(11-14)28(30)31)22(29)25-23-27(21)26-20(34-23)13-32-16-7-2-1-3-8-16/h1-12,24H,13H2. The minimum atomic E-state index is -0.586. The summed E-state index contributed by atoms with van der Waals surface area (Å²) < 4.78 is 11.4. The highest BCUT2D eigenvalue weighted by Gasteiger charge is 2.36. The second-order valence-electron chi connectivity index (χ2n) is 7.12. The quantitative estimate of drug-likeness (QED) is 0.315. The van der Waals surface area contributed by atoms with Gasteiger partial charge in [-0.1, -0.05) is 30.3 Å². The summed E-state index contributed by atoms with van der Waals surface area (Å²) in [6.07, 6.45) is 1.41. The number of nitro benzene ring substituents is 1. The van der Waals surface area contributed by atoms with Gasteiger partial charge in [0.15, 0.2) is 5.84 Å². The number of nitrogens with one attached hydrogen (secondary N) is 1. The molecule has 2 aliphatic heterocycles. The van der Waals surface area contributed by atoms with Crippen LogP contribution in [0.15, 0.2) is 86.8 Å². The molecule has 3 heterocycles. The molecule has 2 aliphatic rings. The number of rotatable bonds is 6. The van der Waals surface area contributed by atoms with E-state index in [0.717, 1.165) is 0 Å². The topological polar surface area (TPSA) is 134 Å². The summed E-state index contributed by atoms with van der Waals surface area (Å²) in [7, 11) is 0. The Hall–Kier alpha value is -4.51. The number of non-ortho nitro benzene ring substituents is 1. The second-order valence-corrected chi connectivity index (χ2v) is 8.17. The molecule has 0 spiro atoms. The van der Waals surface area contributed by atoms with Crippen LogP contribution in [0.25, 0.3) is 17.4 Å². The first-order chi connectivity index (χ1) is 16.5. The molecule has 11 heteroatoms. The van der Waals surface area contributed by atoms with Crippen LogP contribution in [-0.2, 0) is 4.79 Å². The van der Waals surface area contributed by atoms with Crippen LogP contribution in [0, 0.1) is 15.5 Å². The lowest BCUT2D eigenvalue weighted by Crippen LogP contribution is -2.35. The van der Waals surface area contributed by atoms with Gasteiger partial charge in [0.05, 0.1) is 10.5 Å². The summed E-state index contributed by atoms with van der Waals surface area (Å²) in [5, 5.41) is 26.0. The highest BCUT2D eigenvalue weighted by Crippen LogP contribution is 2.30. The van der Waals surface area contributed by atoms with Gasteiger partial charge in [-0.15, -0.1) is 0 Å². The van der Waals surface area contributed by atoms with Crippen molar-refractivity contribution in [2.75, 3.05) is 6.61 Å². The monoisotopic (exact) mass is 473 g/mol. The fourth-order valence-corrected chi connectivity index (χ4v) is 4.05. The van der Waals surface area contributed by atoms with E-state index in [-0.39, 0.29) is 28.9 Å². The van der Waals surface area contributed by atoms with Gasteiger partial charge in [0, 0.05) is 17.7 Å². The molecule has 1 aromatic heterocycles. The number of nitrogens with zero attached hydrogens (tertiary/aromatic N) is 4. The van der Waals surface area contributed by atoms with E-state index in [9.17, 15) is 14.9 Å². The first-order valence-electron chi connectivity index (χ1n) is 9.99. The van der Waals surface area contributed by atoms with Gasteiger partial charge in [0.1, 0.15) is 28.9 Å². The first kappa shape index (κ1) is 21.3. The number of carbonyl (C=O) groups is 1. The maximum atomic E-state index is 12.6. The zero-order chi connectivity index (χ0) is 23.7. The van der Waals surface area contributed by atoms with E-state index < -0.39 is 10.8 Å². The first-order valence-corrected chi connectivity index (χ1v) is 10.8. The van der Waals surface area contributed by atoms with Gasteiger partial charge in [-0.25, -0.2) is 0 Å². The average molecular weight is 473 g/mol. The fourth-order valence-electron chi connectivity index (χ4n) is 3.25. The third-order valence-corrected chi connectivity index (χ3v) is 5.74. The minimum Gasteiger partial charge on any atom is -0.487 e. The van der Waals surface area contributed by atoms with Crippen LogP contribution in [0.1, 0.15) is 5.76 Å². The largest absolute Gasteiger partial charge is 0.487 e. The number of para-hydroxylation sites is 1. The van der Waals surface area contributed by atoms with Crippen molar-refractivity contribution in [3.05, 3.63) is 88.2 Å². The number of fused-ring (bicyclic) bond motifs is 1. The number of benzene rings is 2. The fraction of sp³-hybridized carbons (Fsp3) is 0.0435. The van der Waals surface area contributed by atoms with E-state index >= 15 is 0 Å². The Bertz CT molecular complexity index is 1410. The van der Waals surface area contributed by atoms with E-state index in [1.54, 1.807) is 24.3 Å². The molecule has 3 aromatic rings. The molecule has 0 saturated carbocycles. The van der Waals surface area contributed by atoms with Gasteiger partial charge >= 0.3 is 0 Å². The maximum absolute atomic E-state index is 12.6. The van der Waals surface area contributed by atoms with Gasteiger partial charge in [-0.05, 0) is 42.1 Å². The van der Waals surface area contributed by atoms with E-state index in [0.29, 0.717) is 27.9 Å². The third-order valence-electron chi connectivity index (χ3n) is 4.86. The van der Waals surface area contributed by atoms with Crippen molar-refractivity contribution in [2.45, 2.75) is 0 Å². The summed E-state index contributed by atoms with van der Waals surface area (Å²) in [4.78, 5) is 27.2.